The highest BCUT2D eigenvalue weighted by Crippen LogP contribution is 2.23. The van der Waals surface area contributed by atoms with Gasteiger partial charge in [-0.05, 0) is 36.8 Å². The van der Waals surface area contributed by atoms with Crippen molar-refractivity contribution < 1.29 is 24.2 Å². The molecule has 2 amide bonds. The summed E-state index contributed by atoms with van der Waals surface area (Å²) in [6.45, 7) is 1.80. The number of carbonyl (C=O) groups is 2. The van der Waals surface area contributed by atoms with Crippen LogP contribution in [-0.2, 0) is 0 Å². The fourth-order valence-electron chi connectivity index (χ4n) is 3.23. The summed E-state index contributed by atoms with van der Waals surface area (Å²) in [6, 6.07) is 13.9. The van der Waals surface area contributed by atoms with Crippen molar-refractivity contribution in [2.45, 2.75) is 6.92 Å². The lowest BCUT2D eigenvalue weighted by molar-refractivity contribution is -0.385. The molecule has 0 bridgehead atoms. The predicted octanol–water partition coefficient (Wildman–Crippen LogP) is 3.35. The maximum Gasteiger partial charge on any atom is 0.271 e. The van der Waals surface area contributed by atoms with Crippen molar-refractivity contribution in [3.8, 4) is 5.75 Å². The summed E-state index contributed by atoms with van der Waals surface area (Å²) in [6.07, 6.45) is 2.67. The Morgan fingerprint density at radius 1 is 0.811 bits per heavy atom. The van der Waals surface area contributed by atoms with Gasteiger partial charge in [0.2, 0.25) is 0 Å². The zero-order chi connectivity index (χ0) is 26.9. The molecule has 0 fully saturated rings. The van der Waals surface area contributed by atoms with Crippen LogP contribution in [0, 0.1) is 27.2 Å². The van der Waals surface area contributed by atoms with E-state index in [1.54, 1.807) is 19.1 Å². The number of aryl methyl sites for hydroxylation is 1. The number of hydrogen-bond donors (Lipinski definition) is 2. The summed E-state index contributed by atoms with van der Waals surface area (Å²) < 4.78 is 5.44. The van der Waals surface area contributed by atoms with Gasteiger partial charge in [0.05, 0.1) is 29.4 Å². The van der Waals surface area contributed by atoms with Crippen LogP contribution in [0.3, 0.4) is 0 Å². The molecule has 0 aliphatic heterocycles. The van der Waals surface area contributed by atoms with Crippen LogP contribution in [-0.4, -0.2) is 41.2 Å². The lowest BCUT2D eigenvalue weighted by Crippen LogP contribution is -2.18. The fraction of sp³-hybridized carbons (Fsp3) is 0.0833. The lowest BCUT2D eigenvalue weighted by Gasteiger charge is -2.10. The standard InChI is InChI=1S/C24H20N6O7/c1-15-9-18(13-25-27-23(31)16-5-3-7-20(11-16)29(33)34)22(37-2)19(10-15)14-26-28-24(32)17-6-4-8-21(12-17)30(35)36/h3-14H,1-2H3,(H,27,31)(H,28,32). The molecule has 0 radical (unpaired) electrons. The Bertz CT molecular complexity index is 1330. The number of amides is 2. The summed E-state index contributed by atoms with van der Waals surface area (Å²) in [7, 11) is 1.42. The van der Waals surface area contributed by atoms with Gasteiger partial charge in [0.25, 0.3) is 23.2 Å². The number of non-ortho nitro benzene ring substituents is 2. The summed E-state index contributed by atoms with van der Waals surface area (Å²) in [5.41, 5.74) is 6.05. The SMILES string of the molecule is COc1c(C=NNC(=O)c2cccc([N+](=O)[O-])c2)cc(C)cc1C=NNC(=O)c1cccc([N+](=O)[O-])c1. The highest BCUT2D eigenvalue weighted by Gasteiger charge is 2.13. The van der Waals surface area contributed by atoms with Crippen LogP contribution in [0.5, 0.6) is 5.75 Å². The molecular weight excluding hydrogens is 484 g/mol. The molecule has 0 aromatic heterocycles. The number of carbonyl (C=O) groups excluding carboxylic acids is 2. The average molecular weight is 504 g/mol. The van der Waals surface area contributed by atoms with Gasteiger partial charge in [0.15, 0.2) is 0 Å². The molecule has 3 aromatic carbocycles. The number of methoxy groups -OCH3 is 1. The highest BCUT2D eigenvalue weighted by molar-refractivity contribution is 5.98. The molecule has 3 aromatic rings. The molecule has 188 valence electrons. The van der Waals surface area contributed by atoms with Gasteiger partial charge in [0, 0.05) is 46.5 Å². The number of nitro groups is 2. The quantitative estimate of drug-likeness (QED) is 0.255. The molecule has 0 unspecified atom stereocenters. The van der Waals surface area contributed by atoms with Gasteiger partial charge in [-0.15, -0.1) is 0 Å². The molecule has 0 heterocycles. The van der Waals surface area contributed by atoms with Crippen molar-refractivity contribution >= 4 is 35.6 Å². The maximum absolute atomic E-state index is 12.3. The first kappa shape index (κ1) is 26.2. The Labute approximate surface area is 209 Å². The van der Waals surface area contributed by atoms with E-state index in [1.807, 2.05) is 0 Å². The fourth-order valence-corrected chi connectivity index (χ4v) is 3.23. The van der Waals surface area contributed by atoms with Crippen molar-refractivity contribution in [3.63, 3.8) is 0 Å². The molecular formula is C24H20N6O7. The van der Waals surface area contributed by atoms with Gasteiger partial charge in [-0.25, -0.2) is 10.9 Å². The number of nitro benzene ring substituents is 2. The van der Waals surface area contributed by atoms with Crippen LogP contribution in [0.1, 0.15) is 37.4 Å². The Kier molecular flexibility index (Phi) is 8.33. The minimum Gasteiger partial charge on any atom is -0.495 e. The monoisotopic (exact) mass is 504 g/mol. The Morgan fingerprint density at radius 3 is 1.62 bits per heavy atom. The largest absolute Gasteiger partial charge is 0.495 e. The topological polar surface area (TPSA) is 178 Å². The predicted molar refractivity (Wildman–Crippen MR) is 134 cm³/mol. The Hall–Kier alpha value is -5.46. The molecule has 37 heavy (non-hydrogen) atoms. The van der Waals surface area contributed by atoms with E-state index in [0.717, 1.165) is 17.7 Å². The first-order valence-corrected chi connectivity index (χ1v) is 10.5. The second-order valence-corrected chi connectivity index (χ2v) is 7.49. The second-order valence-electron chi connectivity index (χ2n) is 7.49. The van der Waals surface area contributed by atoms with Gasteiger partial charge in [-0.3, -0.25) is 29.8 Å². The van der Waals surface area contributed by atoms with Crippen molar-refractivity contribution in [1.29, 1.82) is 0 Å². The molecule has 0 saturated heterocycles. The van der Waals surface area contributed by atoms with Crippen molar-refractivity contribution in [2.75, 3.05) is 7.11 Å². The third kappa shape index (κ3) is 6.79. The number of rotatable bonds is 9. The van der Waals surface area contributed by atoms with Gasteiger partial charge in [0.1, 0.15) is 5.75 Å². The smallest absolute Gasteiger partial charge is 0.271 e. The summed E-state index contributed by atoms with van der Waals surface area (Å²) >= 11 is 0. The Morgan fingerprint density at radius 2 is 1.24 bits per heavy atom. The van der Waals surface area contributed by atoms with Crippen LogP contribution in [0.4, 0.5) is 11.4 Å². The van der Waals surface area contributed by atoms with Crippen LogP contribution in [0.2, 0.25) is 0 Å². The lowest BCUT2D eigenvalue weighted by atomic mass is 10.1. The van der Waals surface area contributed by atoms with E-state index in [2.05, 4.69) is 21.1 Å². The maximum atomic E-state index is 12.3. The van der Waals surface area contributed by atoms with Crippen LogP contribution in [0.25, 0.3) is 0 Å². The van der Waals surface area contributed by atoms with Crippen molar-refractivity contribution in [1.82, 2.24) is 10.9 Å². The summed E-state index contributed by atoms with van der Waals surface area (Å²) in [4.78, 5) is 45.2. The van der Waals surface area contributed by atoms with E-state index in [-0.39, 0.29) is 22.5 Å². The number of hydrogen-bond acceptors (Lipinski definition) is 9. The van der Waals surface area contributed by atoms with Crippen LogP contribution < -0.4 is 15.6 Å². The van der Waals surface area contributed by atoms with Gasteiger partial charge >= 0.3 is 0 Å². The van der Waals surface area contributed by atoms with Gasteiger partial charge < -0.3 is 4.74 Å². The van der Waals surface area contributed by atoms with Gasteiger partial charge in [-0.1, -0.05) is 12.1 Å². The van der Waals surface area contributed by atoms with E-state index in [1.165, 1.54) is 55.9 Å². The Balaban J connectivity index is 1.74. The number of nitrogens with zero attached hydrogens (tertiary/aromatic N) is 4. The average Bonchev–Trinajstić information content (AvgIpc) is 2.88. The van der Waals surface area contributed by atoms with E-state index in [0.29, 0.717) is 16.9 Å². The number of ether oxygens (including phenoxy) is 1. The zero-order valence-corrected chi connectivity index (χ0v) is 19.6. The molecule has 2 N–H and O–H groups in total. The van der Waals surface area contributed by atoms with E-state index in [4.69, 9.17) is 4.74 Å². The first-order valence-electron chi connectivity index (χ1n) is 10.5. The van der Waals surface area contributed by atoms with Gasteiger partial charge in [-0.2, -0.15) is 10.2 Å². The minimum atomic E-state index is -0.641. The molecule has 0 aliphatic rings. The molecule has 0 spiro atoms. The van der Waals surface area contributed by atoms with Crippen molar-refractivity contribution in [3.05, 3.63) is 109 Å². The molecule has 0 aliphatic carbocycles. The molecule has 0 saturated carbocycles. The highest BCUT2D eigenvalue weighted by atomic mass is 16.6. The van der Waals surface area contributed by atoms with E-state index < -0.39 is 21.7 Å². The number of nitrogens with one attached hydrogen (secondary N) is 2. The summed E-state index contributed by atoms with van der Waals surface area (Å²) in [5.74, 6) is -0.943. The minimum absolute atomic E-state index is 0.0647. The molecule has 13 nitrogen and oxygen atoms in total. The first-order chi connectivity index (χ1) is 17.7. The number of benzene rings is 3. The van der Waals surface area contributed by atoms with Crippen molar-refractivity contribution in [2.24, 2.45) is 10.2 Å². The zero-order valence-electron chi connectivity index (χ0n) is 19.6. The molecule has 13 heteroatoms. The number of hydrazone groups is 2. The normalized spacial score (nSPS) is 10.9. The molecule has 3 rings (SSSR count). The van der Waals surface area contributed by atoms with E-state index in [9.17, 15) is 29.8 Å². The van der Waals surface area contributed by atoms with Crippen LogP contribution in [0.15, 0.2) is 70.9 Å². The third-order valence-electron chi connectivity index (χ3n) is 4.87. The molecule has 0 atom stereocenters. The van der Waals surface area contributed by atoms with E-state index >= 15 is 0 Å². The summed E-state index contributed by atoms with van der Waals surface area (Å²) in [5, 5.41) is 29.6. The second kappa shape index (κ2) is 11.8. The van der Waals surface area contributed by atoms with Crippen LogP contribution >= 0.6 is 0 Å². The third-order valence-corrected chi connectivity index (χ3v) is 4.87.